The molecule has 0 radical (unpaired) electrons. The zero-order valence-corrected chi connectivity index (χ0v) is 31.0. The molecule has 3 aromatic heterocycles. The molecule has 0 spiro atoms. The van der Waals surface area contributed by atoms with Gasteiger partial charge in [-0.3, -0.25) is 29.2 Å². The van der Waals surface area contributed by atoms with Gasteiger partial charge in [0.05, 0.1) is 28.8 Å². The van der Waals surface area contributed by atoms with Crippen LogP contribution in [0.4, 0.5) is 23.1 Å². The third-order valence-electron chi connectivity index (χ3n) is 11.0. The van der Waals surface area contributed by atoms with E-state index in [0.717, 1.165) is 72.4 Å². The van der Waals surface area contributed by atoms with Crippen LogP contribution in [0.15, 0.2) is 53.5 Å². The molecule has 16 heteroatoms. The van der Waals surface area contributed by atoms with Crippen LogP contribution in [-0.4, -0.2) is 81.9 Å². The monoisotopic (exact) mass is 752 g/mol. The Bertz CT molecular complexity index is 2360. The number of halogens is 1. The van der Waals surface area contributed by atoms with Crippen molar-refractivity contribution in [3.8, 4) is 5.75 Å². The Balaban J connectivity index is 0.887. The van der Waals surface area contributed by atoms with Crippen molar-refractivity contribution in [3.05, 3.63) is 69.7 Å². The number of hydrogen-bond acceptors (Lipinski definition) is 11. The van der Waals surface area contributed by atoms with Gasteiger partial charge in [-0.1, -0.05) is 11.6 Å². The molecule has 8 rings (SSSR count). The fourth-order valence-electron chi connectivity index (χ4n) is 7.86. The molecule has 3 amide bonds. The molecule has 3 aliphatic rings. The maximum Gasteiger partial charge on any atom is 0.293 e. The van der Waals surface area contributed by atoms with Gasteiger partial charge < -0.3 is 29.7 Å². The van der Waals surface area contributed by atoms with Crippen LogP contribution in [0.5, 0.6) is 5.75 Å². The van der Waals surface area contributed by atoms with Gasteiger partial charge in [0.1, 0.15) is 5.02 Å². The maximum absolute atomic E-state index is 12.8. The molecule has 54 heavy (non-hydrogen) atoms. The molecule has 3 fully saturated rings. The zero-order chi connectivity index (χ0) is 37.7. The van der Waals surface area contributed by atoms with Crippen LogP contribution in [-0.2, 0) is 28.5 Å². The van der Waals surface area contributed by atoms with E-state index in [0.29, 0.717) is 47.0 Å². The Kier molecular flexibility index (Phi) is 9.34. The molecule has 2 aromatic carbocycles. The number of amides is 3. The van der Waals surface area contributed by atoms with Crippen molar-refractivity contribution in [2.24, 2.45) is 25.9 Å². The van der Waals surface area contributed by atoms with Crippen LogP contribution in [0.1, 0.15) is 37.3 Å². The predicted molar refractivity (Wildman–Crippen MR) is 206 cm³/mol. The Morgan fingerprint density at radius 3 is 2.54 bits per heavy atom. The van der Waals surface area contributed by atoms with Gasteiger partial charge in [0, 0.05) is 75.9 Å². The number of imide groups is 1. The summed E-state index contributed by atoms with van der Waals surface area (Å²) in [5.41, 5.74) is 3.95. The summed E-state index contributed by atoms with van der Waals surface area (Å²) < 4.78 is 8.82. The number of carbonyl (C=O) groups is 3. The number of piperidine rings is 2. The predicted octanol–water partition coefficient (Wildman–Crippen LogP) is 3.61. The summed E-state index contributed by atoms with van der Waals surface area (Å²) >= 11 is 6.56. The van der Waals surface area contributed by atoms with E-state index in [4.69, 9.17) is 26.4 Å². The van der Waals surface area contributed by atoms with E-state index in [9.17, 15) is 19.2 Å². The number of fused-ring (bicyclic) bond motifs is 2. The molecule has 0 bridgehead atoms. The van der Waals surface area contributed by atoms with E-state index in [-0.39, 0.29) is 35.6 Å². The van der Waals surface area contributed by atoms with E-state index < -0.39 is 5.92 Å². The summed E-state index contributed by atoms with van der Waals surface area (Å²) in [6.45, 7) is 3.40. The van der Waals surface area contributed by atoms with Crippen LogP contribution in [0, 0.1) is 11.8 Å². The van der Waals surface area contributed by atoms with Crippen LogP contribution >= 0.6 is 11.6 Å². The number of benzene rings is 2. The first-order chi connectivity index (χ1) is 26.1. The van der Waals surface area contributed by atoms with Gasteiger partial charge in [-0.15, -0.1) is 0 Å². The third-order valence-corrected chi connectivity index (χ3v) is 11.3. The topological polar surface area (TPSA) is 169 Å². The average Bonchev–Trinajstić information content (AvgIpc) is 3.47. The fraction of sp³-hybridized carbons (Fsp3) is 0.395. The minimum Gasteiger partial charge on any atom is -0.478 e. The first-order valence-corrected chi connectivity index (χ1v) is 18.5. The van der Waals surface area contributed by atoms with Crippen LogP contribution < -0.4 is 36.0 Å². The van der Waals surface area contributed by atoms with Crippen molar-refractivity contribution in [1.29, 1.82) is 0 Å². The molecule has 280 valence electrons. The first-order valence-electron chi connectivity index (χ1n) is 18.1. The number of likely N-dealkylation sites (N-methyl/N-ethyl adjacent to an activating group) is 1. The van der Waals surface area contributed by atoms with Gasteiger partial charge in [-0.05, 0) is 73.6 Å². The van der Waals surface area contributed by atoms with Gasteiger partial charge in [0.15, 0.2) is 18.2 Å². The molecule has 3 N–H and O–H groups in total. The second-order valence-electron chi connectivity index (χ2n) is 14.3. The van der Waals surface area contributed by atoms with Crippen molar-refractivity contribution in [2.75, 3.05) is 55.0 Å². The van der Waals surface area contributed by atoms with Gasteiger partial charge in [-0.2, -0.15) is 10.1 Å². The lowest BCUT2D eigenvalue weighted by molar-refractivity contribution is -0.134. The summed E-state index contributed by atoms with van der Waals surface area (Å²) in [4.78, 5) is 62.6. The first kappa shape index (κ1) is 35.3. The molecule has 6 heterocycles. The van der Waals surface area contributed by atoms with Crippen LogP contribution in [0.25, 0.3) is 21.8 Å². The van der Waals surface area contributed by atoms with E-state index >= 15 is 0 Å². The molecule has 5 aromatic rings. The SMILES string of the molecule is CNC(=O)COc1cc2cc(Nc3nc(N4CCC(C5CN(c6ccc7c(C8CCC(=O)NC8=O)nn(C)c7c6)C5)CC4)ncc3Cl)ccc2n(C)c1=O. The number of anilines is 4. The number of aryl methyl sites for hydroxylation is 2. The average molecular weight is 753 g/mol. The van der Waals surface area contributed by atoms with Gasteiger partial charge in [-0.25, -0.2) is 4.98 Å². The fourth-order valence-corrected chi connectivity index (χ4v) is 8.00. The third kappa shape index (κ3) is 6.68. The molecule has 0 aliphatic carbocycles. The molecular weight excluding hydrogens is 712 g/mol. The second kappa shape index (κ2) is 14.3. The minimum atomic E-state index is -0.417. The summed E-state index contributed by atoms with van der Waals surface area (Å²) in [6.07, 6.45) is 4.49. The standard InChI is InChI=1S/C38H41ClN10O5/c1-40-33(51)20-54-31-15-22-14-24(4-8-29(22)46(2)37(31)53)42-35-28(39)17-41-38(44-35)48-12-10-21(11-13-48)23-18-49(19-23)25-5-6-26-30(16-25)47(3)45-34(26)27-7-9-32(50)43-36(27)52/h4-6,8,14-17,21,23,27H,7,9-13,18-20H2,1-3H3,(H,40,51)(H,41,42,44)(H,43,50,52). The normalized spacial score (nSPS) is 18.2. The van der Waals surface area contributed by atoms with E-state index in [1.54, 1.807) is 19.3 Å². The van der Waals surface area contributed by atoms with Crippen molar-refractivity contribution in [3.63, 3.8) is 0 Å². The Hall–Kier alpha value is -5.70. The van der Waals surface area contributed by atoms with Crippen molar-refractivity contribution >= 4 is 74.3 Å². The van der Waals surface area contributed by atoms with Crippen molar-refractivity contribution < 1.29 is 19.1 Å². The highest BCUT2D eigenvalue weighted by Crippen LogP contribution is 2.38. The lowest BCUT2D eigenvalue weighted by atomic mass is 9.79. The molecular formula is C38H41ClN10O5. The Morgan fingerprint density at radius 2 is 1.78 bits per heavy atom. The van der Waals surface area contributed by atoms with Crippen LogP contribution in [0.3, 0.4) is 0 Å². The summed E-state index contributed by atoms with van der Waals surface area (Å²) in [5, 5.41) is 15.0. The van der Waals surface area contributed by atoms with E-state index in [2.05, 4.69) is 48.9 Å². The van der Waals surface area contributed by atoms with E-state index in [1.807, 2.05) is 29.9 Å². The number of hydrogen-bond donors (Lipinski definition) is 3. The van der Waals surface area contributed by atoms with Gasteiger partial charge in [0.2, 0.25) is 17.8 Å². The molecule has 0 saturated carbocycles. The Labute approximate surface area is 315 Å². The van der Waals surface area contributed by atoms with Crippen LogP contribution in [0.2, 0.25) is 5.02 Å². The quantitative estimate of drug-likeness (QED) is 0.188. The number of nitrogens with zero attached hydrogens (tertiary/aromatic N) is 7. The molecule has 3 saturated heterocycles. The smallest absolute Gasteiger partial charge is 0.293 e. The van der Waals surface area contributed by atoms with Crippen molar-refractivity contribution in [2.45, 2.75) is 31.6 Å². The highest BCUT2D eigenvalue weighted by Gasteiger charge is 2.37. The number of nitrogens with one attached hydrogen (secondary N) is 3. The summed E-state index contributed by atoms with van der Waals surface area (Å²) in [6, 6.07) is 13.5. The maximum atomic E-state index is 12.8. The molecule has 15 nitrogen and oxygen atoms in total. The number of pyridine rings is 1. The highest BCUT2D eigenvalue weighted by molar-refractivity contribution is 6.33. The number of carbonyl (C=O) groups excluding carboxylic acids is 3. The lowest BCUT2D eigenvalue weighted by Crippen LogP contribution is -2.52. The van der Waals surface area contributed by atoms with E-state index in [1.165, 1.54) is 11.6 Å². The largest absolute Gasteiger partial charge is 0.478 e. The number of rotatable bonds is 9. The molecule has 3 aliphatic heterocycles. The van der Waals surface area contributed by atoms with Gasteiger partial charge >= 0.3 is 0 Å². The molecule has 1 unspecified atom stereocenters. The minimum absolute atomic E-state index is 0.0828. The Morgan fingerprint density at radius 1 is 0.981 bits per heavy atom. The molecule has 1 atom stereocenters. The second-order valence-corrected chi connectivity index (χ2v) is 14.7. The highest BCUT2D eigenvalue weighted by atomic mass is 35.5. The number of ether oxygens (including phenoxy) is 1. The lowest BCUT2D eigenvalue weighted by Gasteiger charge is -2.47. The van der Waals surface area contributed by atoms with Crippen molar-refractivity contribution in [1.82, 2.24) is 34.9 Å². The van der Waals surface area contributed by atoms with Gasteiger partial charge in [0.25, 0.3) is 11.5 Å². The summed E-state index contributed by atoms with van der Waals surface area (Å²) in [5.74, 6) is 1.13. The summed E-state index contributed by atoms with van der Waals surface area (Å²) in [7, 11) is 5.07. The number of aromatic nitrogens is 5. The zero-order valence-electron chi connectivity index (χ0n) is 30.3.